The van der Waals surface area contributed by atoms with Crippen molar-refractivity contribution in [2.45, 2.75) is 59.4 Å². The Kier molecular flexibility index (Phi) is 2.28. The number of benzene rings is 1. The molecular weight excluding hydrogens is 467 g/mol. The van der Waals surface area contributed by atoms with Gasteiger partial charge in [0.2, 0.25) is 0 Å². The summed E-state index contributed by atoms with van der Waals surface area (Å²) in [6.07, 6.45) is 16.8. The second-order valence-electron chi connectivity index (χ2n) is 19.4. The van der Waals surface area contributed by atoms with Crippen LogP contribution in [-0.4, -0.2) is 0 Å². The van der Waals surface area contributed by atoms with Gasteiger partial charge in [-0.05, 0) is 0 Å². The van der Waals surface area contributed by atoms with Crippen molar-refractivity contribution in [2.24, 2.45) is 0 Å². The van der Waals surface area contributed by atoms with Gasteiger partial charge in [0.15, 0.2) is 0 Å². The van der Waals surface area contributed by atoms with Crippen molar-refractivity contribution in [3.05, 3.63) is 65.8 Å². The molecule has 1 atom stereocenters. The molecule has 1 aromatic rings. The molecular formula is C24H39Hf. The molecule has 2 aliphatic carbocycles. The van der Waals surface area contributed by atoms with Crippen LogP contribution in [0.5, 0.6) is 0 Å². The van der Waals surface area contributed by atoms with Gasteiger partial charge in [0.1, 0.15) is 0 Å². The molecule has 1 unspecified atom stereocenters. The fraction of sp³-hybridized carbons (Fsp3) is 0.500. The Bertz CT molecular complexity index is 904. The Morgan fingerprint density at radius 2 is 1.44 bits per heavy atom. The fourth-order valence-corrected chi connectivity index (χ4v) is 40.8. The summed E-state index contributed by atoms with van der Waals surface area (Å²) >= 11 is -5.46. The summed E-state index contributed by atoms with van der Waals surface area (Å²) in [6.45, 7) is 2.34. The van der Waals surface area contributed by atoms with Gasteiger partial charge in [-0.25, -0.2) is 0 Å². The number of allylic oxidation sites excluding steroid dienone is 5. The van der Waals surface area contributed by atoms with E-state index in [1.54, 1.807) is 0 Å². The summed E-state index contributed by atoms with van der Waals surface area (Å²) in [5, 5.41) is 0. The summed E-state index contributed by atoms with van der Waals surface area (Å²) in [5.41, 5.74) is 2.94. The zero-order valence-corrected chi connectivity index (χ0v) is 21.4. The summed E-state index contributed by atoms with van der Waals surface area (Å²) < 4.78 is 19.3. The second kappa shape index (κ2) is 2.99. The average Bonchev–Trinajstić information content (AvgIpc) is 3.06. The molecule has 1 aromatic carbocycles. The van der Waals surface area contributed by atoms with Crippen LogP contribution in [0.15, 0.2) is 54.6 Å². The van der Waals surface area contributed by atoms with Crippen LogP contribution >= 0.6 is 0 Å². The Labute approximate surface area is 143 Å². The van der Waals surface area contributed by atoms with Crippen molar-refractivity contribution in [3.63, 3.8) is 0 Å². The molecule has 0 nitrogen and oxygen atoms in total. The molecule has 0 aromatic heterocycles. The Morgan fingerprint density at radius 3 is 2.00 bits per heavy atom. The van der Waals surface area contributed by atoms with Crippen LogP contribution in [-0.2, 0) is 15.8 Å². The number of hydrogen-bond acceptors (Lipinski definition) is 0. The van der Waals surface area contributed by atoms with Gasteiger partial charge in [-0.1, -0.05) is 0 Å². The number of hydrogen-bond donors (Lipinski definition) is 0. The van der Waals surface area contributed by atoms with E-state index in [4.69, 9.17) is 0 Å². The predicted octanol–water partition coefficient (Wildman–Crippen LogP) is 8.79. The van der Waals surface area contributed by atoms with E-state index in [2.05, 4.69) is 100 Å². The van der Waals surface area contributed by atoms with E-state index in [1.807, 2.05) is 0 Å². The molecule has 0 N–H and O–H groups in total. The Balaban J connectivity index is 2.65. The molecule has 0 aliphatic heterocycles. The summed E-state index contributed by atoms with van der Waals surface area (Å²) in [5.74, 6) is 0. The summed E-state index contributed by atoms with van der Waals surface area (Å²) in [4.78, 5) is 0. The van der Waals surface area contributed by atoms with Crippen LogP contribution in [0, 0.1) is 0 Å². The molecule has 1 heteroatoms. The zero-order chi connectivity index (χ0) is 19.1. The van der Waals surface area contributed by atoms with Crippen LogP contribution in [0.3, 0.4) is 0 Å². The molecule has 0 spiro atoms. The molecule has 0 radical (unpaired) electrons. The average molecular weight is 506 g/mol. The van der Waals surface area contributed by atoms with E-state index in [-0.39, 0.29) is 3.17 Å². The van der Waals surface area contributed by atoms with Gasteiger partial charge in [0, 0.05) is 0 Å². The topological polar surface area (TPSA) is 0 Å². The zero-order valence-electron chi connectivity index (χ0n) is 17.8. The molecule has 0 heterocycles. The van der Waals surface area contributed by atoms with Gasteiger partial charge >= 0.3 is 144 Å². The molecule has 2 aliphatic rings. The van der Waals surface area contributed by atoms with Gasteiger partial charge < -0.3 is 0 Å². The van der Waals surface area contributed by atoms with Gasteiger partial charge in [-0.3, -0.25) is 0 Å². The van der Waals surface area contributed by atoms with Crippen LogP contribution in [0.1, 0.15) is 30.9 Å². The van der Waals surface area contributed by atoms with E-state index in [0.717, 1.165) is 0 Å². The first-order valence-electron chi connectivity index (χ1n) is 10.3. The van der Waals surface area contributed by atoms with E-state index >= 15 is 0 Å². The van der Waals surface area contributed by atoms with E-state index < -0.39 is 12.6 Å². The molecule has 0 saturated heterocycles. The molecule has 0 amide bonds. The van der Waals surface area contributed by atoms with Gasteiger partial charge in [-0.2, -0.15) is 0 Å². The predicted molar refractivity (Wildman–Crippen MR) is 115 cm³/mol. The van der Waals surface area contributed by atoms with Crippen LogP contribution in [0.2, 0.25) is 36.4 Å². The minimum absolute atomic E-state index is 0.0105. The fourth-order valence-electron chi connectivity index (χ4n) is 6.75. The second-order valence-corrected chi connectivity index (χ2v) is 129. The van der Waals surface area contributed by atoms with Crippen molar-refractivity contribution in [3.8, 4) is 0 Å². The molecule has 0 bridgehead atoms. The Hall–Kier alpha value is -0.690. The summed E-state index contributed by atoms with van der Waals surface area (Å²) in [7, 11) is 0. The molecule has 3 rings (SSSR count). The van der Waals surface area contributed by atoms with Crippen molar-refractivity contribution >= 4 is 6.08 Å². The first kappa shape index (κ1) is 19.1. The first-order valence-corrected chi connectivity index (χ1v) is 39.3. The molecule has 0 saturated carbocycles. The third-order valence-electron chi connectivity index (χ3n) is 9.26. The van der Waals surface area contributed by atoms with Crippen molar-refractivity contribution in [1.82, 2.24) is 0 Å². The van der Waals surface area contributed by atoms with Crippen molar-refractivity contribution in [2.75, 3.05) is 0 Å². The first-order chi connectivity index (χ1) is 10.8. The third kappa shape index (κ3) is 1.97. The maximum absolute atomic E-state index is 5.46. The molecule has 25 heavy (non-hydrogen) atoms. The van der Waals surface area contributed by atoms with E-state index in [9.17, 15) is 0 Å². The summed E-state index contributed by atoms with van der Waals surface area (Å²) in [6, 6.07) is 9.10. The SMILES string of the molecule is CCC[C]1([Hf]([CH3])([CH3])([CH3])([CH3])([CH3])([CH3])([CH3])[CH]2C=CC=C2)C=Cc2ccccc21. The monoisotopic (exact) mass is 507 g/mol. The number of fused-ring (bicyclic) bond motifs is 1. The van der Waals surface area contributed by atoms with Crippen LogP contribution in [0.4, 0.5) is 0 Å². The minimum atomic E-state index is -5.46. The van der Waals surface area contributed by atoms with E-state index in [0.29, 0.717) is 3.67 Å². The van der Waals surface area contributed by atoms with Crippen molar-refractivity contribution < 1.29 is 12.6 Å². The van der Waals surface area contributed by atoms with Gasteiger partial charge in [0.25, 0.3) is 0 Å². The molecule has 0 fully saturated rings. The van der Waals surface area contributed by atoms with Gasteiger partial charge in [-0.15, -0.1) is 0 Å². The standard InChI is InChI=1S/C12H13.C5H5.7CH3.Hf/c1-2-5-10-8-9-11-6-3-4-7-12(10)11;1-2-4-5-3-1;;;;;;;;/h3-4,6-9H,2,5H2,1H3;1-5H;7*1H3;. The quantitative estimate of drug-likeness (QED) is 0.359. The normalized spacial score (nSPS) is 31.3. The van der Waals surface area contributed by atoms with Gasteiger partial charge in [0.05, 0.1) is 0 Å². The Morgan fingerprint density at radius 1 is 0.880 bits per heavy atom. The number of rotatable bonds is 4. The van der Waals surface area contributed by atoms with Crippen LogP contribution < -0.4 is 0 Å². The van der Waals surface area contributed by atoms with E-state index in [1.165, 1.54) is 24.0 Å². The maximum atomic E-state index is 2.70. The molecule has 139 valence electrons. The third-order valence-corrected chi connectivity index (χ3v) is 55.4. The van der Waals surface area contributed by atoms with Crippen LogP contribution in [0.25, 0.3) is 6.08 Å². The van der Waals surface area contributed by atoms with Crippen molar-refractivity contribution in [1.29, 1.82) is 0 Å².